The molecule has 0 aromatic heterocycles. The molecule has 0 unspecified atom stereocenters. The predicted molar refractivity (Wildman–Crippen MR) is 50.0 cm³/mol. The van der Waals surface area contributed by atoms with Gasteiger partial charge in [0.05, 0.1) is 5.41 Å². The van der Waals surface area contributed by atoms with Crippen LogP contribution in [-0.4, -0.2) is 22.2 Å². The number of hydrogen-bond acceptors (Lipinski definition) is 2. The molecule has 0 aromatic rings. The van der Waals surface area contributed by atoms with Crippen LogP contribution in [0.25, 0.3) is 0 Å². The van der Waals surface area contributed by atoms with Crippen molar-refractivity contribution in [3.8, 4) is 0 Å². The maximum atomic E-state index is 10.8. The van der Waals surface area contributed by atoms with Crippen LogP contribution in [0.15, 0.2) is 0 Å². The van der Waals surface area contributed by atoms with Gasteiger partial charge in [0.2, 0.25) is 0 Å². The lowest BCUT2D eigenvalue weighted by molar-refractivity contribution is -0.143. The van der Waals surface area contributed by atoms with Gasteiger partial charge in [0.25, 0.3) is 0 Å². The summed E-state index contributed by atoms with van der Waals surface area (Å²) in [5, 5.41) is 17.2. The second-order valence-electron chi connectivity index (χ2n) is 4.04. The SMILES string of the molecule is O=C(O)CCCCCC1(C(=O)O)CC1. The quantitative estimate of drug-likeness (QED) is 0.615. The molecule has 80 valence electrons. The Labute approximate surface area is 82.9 Å². The summed E-state index contributed by atoms with van der Waals surface area (Å²) in [7, 11) is 0. The van der Waals surface area contributed by atoms with Crippen molar-refractivity contribution in [1.82, 2.24) is 0 Å². The lowest BCUT2D eigenvalue weighted by Crippen LogP contribution is -2.14. The summed E-state index contributed by atoms with van der Waals surface area (Å²) in [5.74, 6) is -1.46. The number of carboxylic acid groups (broad SMARTS) is 2. The first kappa shape index (κ1) is 11.0. The monoisotopic (exact) mass is 200 g/mol. The fourth-order valence-electron chi connectivity index (χ4n) is 1.64. The largest absolute Gasteiger partial charge is 0.481 e. The Bertz CT molecular complexity index is 230. The average Bonchev–Trinajstić information content (AvgIpc) is 2.84. The van der Waals surface area contributed by atoms with Gasteiger partial charge in [0.15, 0.2) is 0 Å². The van der Waals surface area contributed by atoms with E-state index in [0.717, 1.165) is 25.7 Å². The number of carbonyl (C=O) groups is 2. The van der Waals surface area contributed by atoms with E-state index in [0.29, 0.717) is 12.8 Å². The van der Waals surface area contributed by atoms with E-state index in [4.69, 9.17) is 10.2 Å². The maximum Gasteiger partial charge on any atom is 0.309 e. The second kappa shape index (κ2) is 4.44. The summed E-state index contributed by atoms with van der Waals surface area (Å²) in [6.45, 7) is 0. The third-order valence-corrected chi connectivity index (χ3v) is 2.85. The van der Waals surface area contributed by atoms with E-state index in [1.54, 1.807) is 0 Å². The van der Waals surface area contributed by atoms with E-state index in [1.165, 1.54) is 0 Å². The van der Waals surface area contributed by atoms with Gasteiger partial charge in [-0.05, 0) is 25.7 Å². The molecule has 0 aromatic carbocycles. The average molecular weight is 200 g/mol. The molecule has 0 radical (unpaired) electrons. The number of unbranched alkanes of at least 4 members (excludes halogenated alkanes) is 2. The van der Waals surface area contributed by atoms with Crippen molar-refractivity contribution in [1.29, 1.82) is 0 Å². The van der Waals surface area contributed by atoms with Crippen molar-refractivity contribution in [2.45, 2.75) is 44.9 Å². The van der Waals surface area contributed by atoms with Crippen molar-refractivity contribution in [2.75, 3.05) is 0 Å². The molecule has 1 saturated carbocycles. The Morgan fingerprint density at radius 3 is 2.14 bits per heavy atom. The van der Waals surface area contributed by atoms with Crippen LogP contribution < -0.4 is 0 Å². The molecule has 1 rings (SSSR count). The molecule has 4 heteroatoms. The predicted octanol–water partition coefficient (Wildman–Crippen LogP) is 1.89. The van der Waals surface area contributed by atoms with Crippen LogP contribution in [-0.2, 0) is 9.59 Å². The fourth-order valence-corrected chi connectivity index (χ4v) is 1.64. The molecule has 0 atom stereocenters. The third kappa shape index (κ3) is 3.01. The van der Waals surface area contributed by atoms with Crippen LogP contribution >= 0.6 is 0 Å². The van der Waals surface area contributed by atoms with Crippen LogP contribution in [0.3, 0.4) is 0 Å². The highest BCUT2D eigenvalue weighted by Gasteiger charge is 2.49. The lowest BCUT2D eigenvalue weighted by atomic mass is 9.98. The van der Waals surface area contributed by atoms with Crippen LogP contribution in [0, 0.1) is 5.41 Å². The Hall–Kier alpha value is -1.06. The highest BCUT2D eigenvalue weighted by atomic mass is 16.4. The van der Waals surface area contributed by atoms with Crippen LogP contribution in [0.2, 0.25) is 0 Å². The van der Waals surface area contributed by atoms with Gasteiger partial charge in [-0.25, -0.2) is 0 Å². The maximum absolute atomic E-state index is 10.8. The molecule has 1 aliphatic carbocycles. The number of carboxylic acids is 2. The Balaban J connectivity index is 2.04. The van der Waals surface area contributed by atoms with E-state index < -0.39 is 17.4 Å². The van der Waals surface area contributed by atoms with Gasteiger partial charge in [-0.3, -0.25) is 9.59 Å². The van der Waals surface area contributed by atoms with E-state index in [9.17, 15) is 9.59 Å². The molecule has 14 heavy (non-hydrogen) atoms. The summed E-state index contributed by atoms with van der Waals surface area (Å²) < 4.78 is 0. The number of hydrogen-bond donors (Lipinski definition) is 2. The summed E-state index contributed by atoms with van der Waals surface area (Å²) >= 11 is 0. The van der Waals surface area contributed by atoms with Gasteiger partial charge in [-0.2, -0.15) is 0 Å². The Morgan fingerprint density at radius 2 is 1.71 bits per heavy atom. The highest BCUT2D eigenvalue weighted by Crippen LogP contribution is 2.50. The molecule has 1 fully saturated rings. The van der Waals surface area contributed by atoms with Gasteiger partial charge < -0.3 is 10.2 Å². The number of rotatable bonds is 7. The minimum absolute atomic E-state index is 0.195. The Kier molecular flexibility index (Phi) is 3.49. The molecule has 1 aliphatic rings. The van der Waals surface area contributed by atoms with Crippen molar-refractivity contribution >= 4 is 11.9 Å². The zero-order valence-corrected chi connectivity index (χ0v) is 8.16. The molecule has 0 saturated heterocycles. The smallest absolute Gasteiger partial charge is 0.309 e. The van der Waals surface area contributed by atoms with Gasteiger partial charge >= 0.3 is 11.9 Å². The third-order valence-electron chi connectivity index (χ3n) is 2.85. The van der Waals surface area contributed by atoms with Gasteiger partial charge in [0, 0.05) is 6.42 Å². The second-order valence-corrected chi connectivity index (χ2v) is 4.04. The zero-order chi connectivity index (χ0) is 10.6. The minimum atomic E-state index is -0.774. The molecule has 2 N–H and O–H groups in total. The van der Waals surface area contributed by atoms with Gasteiger partial charge in [-0.15, -0.1) is 0 Å². The van der Waals surface area contributed by atoms with Crippen LogP contribution in [0.4, 0.5) is 0 Å². The summed E-state index contributed by atoms with van der Waals surface area (Å²) in [5.41, 5.74) is -0.441. The molecule has 0 aliphatic heterocycles. The van der Waals surface area contributed by atoms with E-state index in [1.807, 2.05) is 0 Å². The molecular weight excluding hydrogens is 184 g/mol. The standard InChI is InChI=1S/C10H16O4/c11-8(12)4-2-1-3-5-10(6-7-10)9(13)14/h1-7H2,(H,11,12)(H,13,14). The molecule has 0 bridgehead atoms. The molecule has 0 spiro atoms. The molecule has 0 amide bonds. The first-order valence-electron chi connectivity index (χ1n) is 5.02. The van der Waals surface area contributed by atoms with Gasteiger partial charge in [-0.1, -0.05) is 12.8 Å². The first-order valence-corrected chi connectivity index (χ1v) is 5.02. The lowest BCUT2D eigenvalue weighted by Gasteiger charge is -2.07. The van der Waals surface area contributed by atoms with Crippen molar-refractivity contribution < 1.29 is 19.8 Å². The zero-order valence-electron chi connectivity index (χ0n) is 8.16. The number of aliphatic carboxylic acids is 2. The molecule has 4 nitrogen and oxygen atoms in total. The Morgan fingerprint density at radius 1 is 1.07 bits per heavy atom. The highest BCUT2D eigenvalue weighted by molar-refractivity contribution is 5.77. The summed E-state index contributed by atoms with van der Waals surface area (Å²) in [4.78, 5) is 20.9. The minimum Gasteiger partial charge on any atom is -0.481 e. The first-order chi connectivity index (χ1) is 6.57. The van der Waals surface area contributed by atoms with E-state index >= 15 is 0 Å². The van der Waals surface area contributed by atoms with Crippen LogP contribution in [0.5, 0.6) is 0 Å². The van der Waals surface area contributed by atoms with Gasteiger partial charge in [0.1, 0.15) is 0 Å². The molecular formula is C10H16O4. The van der Waals surface area contributed by atoms with Crippen molar-refractivity contribution in [3.05, 3.63) is 0 Å². The van der Waals surface area contributed by atoms with Crippen molar-refractivity contribution in [3.63, 3.8) is 0 Å². The molecule has 0 heterocycles. The summed E-state index contributed by atoms with van der Waals surface area (Å²) in [6.07, 6.45) is 4.80. The fraction of sp³-hybridized carbons (Fsp3) is 0.800. The van der Waals surface area contributed by atoms with Crippen LogP contribution in [0.1, 0.15) is 44.9 Å². The van der Waals surface area contributed by atoms with E-state index in [2.05, 4.69) is 0 Å². The van der Waals surface area contributed by atoms with Crippen molar-refractivity contribution in [2.24, 2.45) is 5.41 Å². The summed E-state index contributed by atoms with van der Waals surface area (Å²) in [6, 6.07) is 0. The topological polar surface area (TPSA) is 74.6 Å². The van der Waals surface area contributed by atoms with E-state index in [-0.39, 0.29) is 6.42 Å². The normalized spacial score (nSPS) is 17.7.